The lowest BCUT2D eigenvalue weighted by atomic mass is 9.97. The van der Waals surface area contributed by atoms with Crippen molar-refractivity contribution in [3.8, 4) is 6.07 Å². The zero-order valence-electron chi connectivity index (χ0n) is 13.1. The largest absolute Gasteiger partial charge is 0.381 e. The molecule has 122 valence electrons. The smallest absolute Gasteiger partial charge is 0.245 e. The van der Waals surface area contributed by atoms with Gasteiger partial charge in [0.1, 0.15) is 10.9 Å². The third-order valence-electron chi connectivity index (χ3n) is 3.81. The van der Waals surface area contributed by atoms with Gasteiger partial charge in [0.25, 0.3) is 0 Å². The molecule has 0 radical (unpaired) electrons. The summed E-state index contributed by atoms with van der Waals surface area (Å²) < 4.78 is 34.6. The Hall–Kier alpha value is -1.43. The first kappa shape index (κ1) is 16.9. The highest BCUT2D eigenvalue weighted by molar-refractivity contribution is 7.89. The van der Waals surface area contributed by atoms with Crippen LogP contribution in [0.5, 0.6) is 0 Å². The van der Waals surface area contributed by atoms with E-state index in [0.717, 1.165) is 12.8 Å². The average molecular weight is 326 g/mol. The van der Waals surface area contributed by atoms with Crippen LogP contribution in [0.25, 0.3) is 0 Å². The number of ether oxygens (including phenoxy) is 1. The van der Waals surface area contributed by atoms with Gasteiger partial charge in [0.15, 0.2) is 0 Å². The van der Waals surface area contributed by atoms with Crippen LogP contribution in [0.2, 0.25) is 0 Å². The van der Waals surface area contributed by atoms with E-state index in [-0.39, 0.29) is 16.7 Å². The minimum atomic E-state index is -3.77. The first-order valence-electron chi connectivity index (χ1n) is 7.38. The molecule has 7 nitrogen and oxygen atoms in total. The monoisotopic (exact) mass is 326 g/mol. The van der Waals surface area contributed by atoms with E-state index in [0.29, 0.717) is 18.9 Å². The molecule has 0 unspecified atom stereocenters. The molecule has 1 N–H and O–H groups in total. The highest BCUT2D eigenvalue weighted by atomic mass is 32.2. The Morgan fingerprint density at radius 3 is 2.64 bits per heavy atom. The third kappa shape index (κ3) is 3.66. The molecular weight excluding hydrogens is 304 g/mol. The van der Waals surface area contributed by atoms with Crippen LogP contribution in [0, 0.1) is 17.2 Å². The van der Waals surface area contributed by atoms with Crippen LogP contribution in [0.3, 0.4) is 0 Å². The summed E-state index contributed by atoms with van der Waals surface area (Å²) in [6.45, 7) is 4.83. The highest BCUT2D eigenvalue weighted by Gasteiger charge is 2.30. The van der Waals surface area contributed by atoms with Gasteiger partial charge in [-0.2, -0.15) is 15.1 Å². The van der Waals surface area contributed by atoms with Crippen molar-refractivity contribution >= 4 is 10.0 Å². The number of aryl methyl sites for hydroxylation is 1. The molecule has 0 saturated carbocycles. The molecule has 1 aliphatic heterocycles. The second kappa shape index (κ2) is 6.77. The topological polar surface area (TPSA) is 97.0 Å². The van der Waals surface area contributed by atoms with Crippen molar-refractivity contribution in [3.05, 3.63) is 11.9 Å². The molecule has 1 fully saturated rings. The first-order valence-corrected chi connectivity index (χ1v) is 8.86. The van der Waals surface area contributed by atoms with Crippen molar-refractivity contribution in [2.24, 2.45) is 13.0 Å². The summed E-state index contributed by atoms with van der Waals surface area (Å²) >= 11 is 0. The maximum atomic E-state index is 12.6. The van der Waals surface area contributed by atoms with Gasteiger partial charge in [-0.1, -0.05) is 13.8 Å². The Morgan fingerprint density at radius 1 is 1.45 bits per heavy atom. The van der Waals surface area contributed by atoms with Gasteiger partial charge >= 0.3 is 0 Å². The Bertz CT molecular complexity index is 654. The van der Waals surface area contributed by atoms with Crippen LogP contribution >= 0.6 is 0 Å². The predicted molar refractivity (Wildman–Crippen MR) is 80.6 cm³/mol. The molecule has 22 heavy (non-hydrogen) atoms. The zero-order chi connectivity index (χ0) is 16.3. The van der Waals surface area contributed by atoms with E-state index in [1.807, 2.05) is 6.07 Å². The van der Waals surface area contributed by atoms with Gasteiger partial charge in [-0.3, -0.25) is 4.68 Å². The summed E-state index contributed by atoms with van der Waals surface area (Å²) in [6.07, 6.45) is 3.01. The standard InChI is InChI=1S/C14H22N4O3S/c1-10(2)12(8-15)17-22(19,20)13-9-18(3)16-14(13)11-4-6-21-7-5-11/h9-12,17H,4-7H2,1-3H3/t12-/m0/s1. The van der Waals surface area contributed by atoms with E-state index >= 15 is 0 Å². The Morgan fingerprint density at radius 2 is 2.09 bits per heavy atom. The van der Waals surface area contributed by atoms with Crippen molar-refractivity contribution in [2.75, 3.05) is 13.2 Å². The van der Waals surface area contributed by atoms with Crippen LogP contribution in [0.4, 0.5) is 0 Å². The fraction of sp³-hybridized carbons (Fsp3) is 0.714. The molecule has 1 saturated heterocycles. The van der Waals surface area contributed by atoms with Gasteiger partial charge < -0.3 is 4.74 Å². The Balaban J connectivity index is 2.33. The van der Waals surface area contributed by atoms with E-state index in [1.165, 1.54) is 10.9 Å². The SMILES string of the molecule is CC(C)[C@H](C#N)NS(=O)(=O)c1cn(C)nc1C1CCOCC1. The van der Waals surface area contributed by atoms with Crippen LogP contribution < -0.4 is 4.72 Å². The maximum Gasteiger partial charge on any atom is 0.245 e. The van der Waals surface area contributed by atoms with Crippen LogP contribution in [0.1, 0.15) is 38.3 Å². The Kier molecular flexibility index (Phi) is 5.21. The highest BCUT2D eigenvalue weighted by Crippen LogP contribution is 2.30. The quantitative estimate of drug-likeness (QED) is 0.875. The van der Waals surface area contributed by atoms with Gasteiger partial charge in [0.05, 0.1) is 11.8 Å². The molecule has 1 aromatic heterocycles. The van der Waals surface area contributed by atoms with Crippen molar-refractivity contribution in [3.63, 3.8) is 0 Å². The summed E-state index contributed by atoms with van der Waals surface area (Å²) in [5.74, 6) is -0.0379. The van der Waals surface area contributed by atoms with E-state index < -0.39 is 16.1 Å². The third-order valence-corrected chi connectivity index (χ3v) is 5.27. The van der Waals surface area contributed by atoms with Crippen LogP contribution in [-0.2, 0) is 21.8 Å². The van der Waals surface area contributed by atoms with Gasteiger partial charge in [-0.25, -0.2) is 8.42 Å². The number of sulfonamides is 1. The number of nitrogens with zero attached hydrogens (tertiary/aromatic N) is 3. The fourth-order valence-corrected chi connectivity index (χ4v) is 4.05. The molecule has 0 aliphatic carbocycles. The fourth-order valence-electron chi connectivity index (χ4n) is 2.49. The zero-order valence-corrected chi connectivity index (χ0v) is 13.9. The molecule has 1 aromatic rings. The van der Waals surface area contributed by atoms with Gasteiger partial charge in [0.2, 0.25) is 10.0 Å². The van der Waals surface area contributed by atoms with Crippen molar-refractivity contribution in [1.82, 2.24) is 14.5 Å². The molecule has 1 aliphatic rings. The predicted octanol–water partition coefficient (Wildman–Crippen LogP) is 1.14. The summed E-state index contributed by atoms with van der Waals surface area (Å²) in [6, 6.07) is 1.24. The number of hydrogen-bond donors (Lipinski definition) is 1. The Labute approximate surface area is 131 Å². The van der Waals surface area contributed by atoms with Crippen LogP contribution in [-0.4, -0.2) is 37.5 Å². The lowest BCUT2D eigenvalue weighted by molar-refractivity contribution is 0.0838. The van der Waals surface area contributed by atoms with E-state index in [4.69, 9.17) is 10.00 Å². The number of nitrogens with one attached hydrogen (secondary N) is 1. The molecule has 0 bridgehead atoms. The lowest BCUT2D eigenvalue weighted by Gasteiger charge is -2.22. The average Bonchev–Trinajstić information content (AvgIpc) is 2.88. The number of aromatic nitrogens is 2. The summed E-state index contributed by atoms with van der Waals surface area (Å²) in [5.41, 5.74) is 0.568. The van der Waals surface area contributed by atoms with Crippen molar-refractivity contribution < 1.29 is 13.2 Å². The van der Waals surface area contributed by atoms with Gasteiger partial charge in [-0.15, -0.1) is 0 Å². The molecule has 2 heterocycles. The number of nitriles is 1. The molecule has 0 amide bonds. The van der Waals surface area contributed by atoms with Crippen LogP contribution in [0.15, 0.2) is 11.1 Å². The second-order valence-electron chi connectivity index (χ2n) is 5.91. The van der Waals surface area contributed by atoms with E-state index in [9.17, 15) is 8.42 Å². The van der Waals surface area contributed by atoms with E-state index in [2.05, 4.69) is 9.82 Å². The molecule has 8 heteroatoms. The molecule has 0 aromatic carbocycles. The summed E-state index contributed by atoms with van der Waals surface area (Å²) in [5, 5.41) is 13.5. The minimum Gasteiger partial charge on any atom is -0.381 e. The molecular formula is C14H22N4O3S. The second-order valence-corrected chi connectivity index (χ2v) is 7.59. The summed E-state index contributed by atoms with van der Waals surface area (Å²) in [7, 11) is -2.07. The first-order chi connectivity index (χ1) is 10.3. The lowest BCUT2D eigenvalue weighted by Crippen LogP contribution is -2.37. The van der Waals surface area contributed by atoms with Crippen molar-refractivity contribution in [1.29, 1.82) is 5.26 Å². The molecule has 1 atom stereocenters. The van der Waals surface area contributed by atoms with Gasteiger partial charge in [-0.05, 0) is 18.8 Å². The van der Waals surface area contributed by atoms with Gasteiger partial charge in [0, 0.05) is 32.4 Å². The summed E-state index contributed by atoms with van der Waals surface area (Å²) in [4.78, 5) is 0.169. The molecule has 0 spiro atoms. The normalized spacial score (nSPS) is 18.3. The minimum absolute atomic E-state index is 0.0705. The number of rotatable bonds is 5. The molecule has 2 rings (SSSR count). The van der Waals surface area contributed by atoms with E-state index in [1.54, 1.807) is 20.9 Å². The van der Waals surface area contributed by atoms with Crippen molar-refractivity contribution in [2.45, 2.75) is 43.5 Å². The number of hydrogen-bond acceptors (Lipinski definition) is 5. The maximum absolute atomic E-state index is 12.6.